The Balaban J connectivity index is 2.98. The van der Waals surface area contributed by atoms with Gasteiger partial charge >= 0.3 is 0 Å². The molecular formula is C11H16Cl2N2. The van der Waals surface area contributed by atoms with Crippen molar-refractivity contribution in [2.24, 2.45) is 5.92 Å². The second-order valence-electron chi connectivity index (χ2n) is 4.10. The van der Waals surface area contributed by atoms with Gasteiger partial charge in [-0.25, -0.2) is 0 Å². The van der Waals surface area contributed by atoms with Crippen LogP contribution in [0.4, 0.5) is 11.4 Å². The summed E-state index contributed by atoms with van der Waals surface area (Å²) in [6, 6.07) is 3.50. The van der Waals surface area contributed by atoms with Crippen molar-refractivity contribution in [3.8, 4) is 0 Å². The molecule has 0 heterocycles. The van der Waals surface area contributed by atoms with E-state index in [0.29, 0.717) is 21.7 Å². The van der Waals surface area contributed by atoms with Gasteiger partial charge < -0.3 is 10.6 Å². The van der Waals surface area contributed by atoms with Crippen LogP contribution in [0.2, 0.25) is 10.0 Å². The van der Waals surface area contributed by atoms with Crippen LogP contribution >= 0.6 is 23.2 Å². The largest absolute Gasteiger partial charge is 0.397 e. The summed E-state index contributed by atoms with van der Waals surface area (Å²) >= 11 is 11.8. The van der Waals surface area contributed by atoms with Crippen molar-refractivity contribution in [3.63, 3.8) is 0 Å². The molecule has 0 atom stereocenters. The Bertz CT molecular complexity index is 351. The number of rotatable bonds is 3. The van der Waals surface area contributed by atoms with Crippen molar-refractivity contribution in [1.82, 2.24) is 0 Å². The lowest BCUT2D eigenvalue weighted by Crippen LogP contribution is -2.23. The molecule has 0 aromatic heterocycles. The molecule has 15 heavy (non-hydrogen) atoms. The molecule has 1 aromatic carbocycles. The molecule has 0 saturated carbocycles. The Morgan fingerprint density at radius 2 is 1.80 bits per heavy atom. The topological polar surface area (TPSA) is 29.3 Å². The van der Waals surface area contributed by atoms with Gasteiger partial charge in [-0.2, -0.15) is 0 Å². The number of hydrogen-bond acceptors (Lipinski definition) is 2. The zero-order valence-corrected chi connectivity index (χ0v) is 10.7. The normalized spacial score (nSPS) is 10.8. The van der Waals surface area contributed by atoms with E-state index in [-0.39, 0.29) is 0 Å². The zero-order chi connectivity index (χ0) is 11.6. The van der Waals surface area contributed by atoms with Crippen LogP contribution in [-0.2, 0) is 0 Å². The van der Waals surface area contributed by atoms with E-state index in [1.807, 2.05) is 13.1 Å². The Kier molecular flexibility index (Phi) is 4.12. The van der Waals surface area contributed by atoms with Gasteiger partial charge in [-0.15, -0.1) is 0 Å². The Morgan fingerprint density at radius 3 is 2.33 bits per heavy atom. The summed E-state index contributed by atoms with van der Waals surface area (Å²) in [6.45, 7) is 5.25. The van der Waals surface area contributed by atoms with Crippen LogP contribution in [0, 0.1) is 5.92 Å². The predicted octanol–water partition coefficient (Wildman–Crippen LogP) is 3.67. The fraction of sp³-hybridized carbons (Fsp3) is 0.455. The molecule has 0 aliphatic heterocycles. The van der Waals surface area contributed by atoms with E-state index in [0.717, 1.165) is 12.2 Å². The lowest BCUT2D eigenvalue weighted by Gasteiger charge is -2.23. The summed E-state index contributed by atoms with van der Waals surface area (Å²) < 4.78 is 0. The van der Waals surface area contributed by atoms with E-state index in [9.17, 15) is 0 Å². The summed E-state index contributed by atoms with van der Waals surface area (Å²) in [4.78, 5) is 2.09. The fourth-order valence-electron chi connectivity index (χ4n) is 1.53. The van der Waals surface area contributed by atoms with Crippen molar-refractivity contribution in [2.45, 2.75) is 13.8 Å². The Hall–Kier alpha value is -0.600. The predicted molar refractivity (Wildman–Crippen MR) is 69.0 cm³/mol. The minimum absolute atomic E-state index is 0.496. The molecule has 0 bridgehead atoms. The maximum atomic E-state index is 5.95. The van der Waals surface area contributed by atoms with Gasteiger partial charge in [0.05, 0.1) is 21.4 Å². The van der Waals surface area contributed by atoms with Crippen LogP contribution in [0.25, 0.3) is 0 Å². The van der Waals surface area contributed by atoms with Crippen molar-refractivity contribution >= 4 is 34.6 Å². The third-order valence-electron chi connectivity index (χ3n) is 2.12. The van der Waals surface area contributed by atoms with E-state index in [2.05, 4.69) is 18.7 Å². The fourth-order valence-corrected chi connectivity index (χ4v) is 1.86. The van der Waals surface area contributed by atoms with Crippen molar-refractivity contribution in [3.05, 3.63) is 22.2 Å². The highest BCUT2D eigenvalue weighted by molar-refractivity contribution is 6.42. The lowest BCUT2D eigenvalue weighted by atomic mass is 10.2. The van der Waals surface area contributed by atoms with Crippen LogP contribution in [0.5, 0.6) is 0 Å². The van der Waals surface area contributed by atoms with E-state index in [4.69, 9.17) is 28.9 Å². The first kappa shape index (κ1) is 12.5. The highest BCUT2D eigenvalue weighted by Crippen LogP contribution is 2.32. The summed E-state index contributed by atoms with van der Waals surface area (Å²) in [5.41, 5.74) is 7.47. The van der Waals surface area contributed by atoms with Gasteiger partial charge in [-0.05, 0) is 18.1 Å². The molecule has 0 aliphatic rings. The van der Waals surface area contributed by atoms with E-state index in [1.165, 1.54) is 0 Å². The number of nitrogens with two attached hydrogens (primary N) is 1. The minimum atomic E-state index is 0.496. The maximum absolute atomic E-state index is 5.95. The SMILES string of the molecule is CC(C)CN(C)c1cc(Cl)c(Cl)cc1N. The molecular weight excluding hydrogens is 231 g/mol. The average Bonchev–Trinajstić information content (AvgIpc) is 2.09. The number of hydrogen-bond donors (Lipinski definition) is 1. The molecule has 4 heteroatoms. The molecule has 0 radical (unpaired) electrons. The average molecular weight is 247 g/mol. The van der Waals surface area contributed by atoms with Crippen LogP contribution in [0.1, 0.15) is 13.8 Å². The molecule has 84 valence electrons. The monoisotopic (exact) mass is 246 g/mol. The van der Waals surface area contributed by atoms with Gasteiger partial charge in [0.15, 0.2) is 0 Å². The van der Waals surface area contributed by atoms with Crippen LogP contribution < -0.4 is 10.6 Å². The van der Waals surface area contributed by atoms with Crippen molar-refractivity contribution in [1.29, 1.82) is 0 Å². The molecule has 0 spiro atoms. The molecule has 2 nitrogen and oxygen atoms in total. The number of nitrogen functional groups attached to an aromatic ring is 1. The van der Waals surface area contributed by atoms with Crippen LogP contribution in [0.3, 0.4) is 0 Å². The number of halogens is 2. The van der Waals surface area contributed by atoms with Gasteiger partial charge in [0.2, 0.25) is 0 Å². The standard InChI is InChI=1S/C11H16Cl2N2/c1-7(2)6-15(3)11-5-9(13)8(12)4-10(11)14/h4-5,7H,6,14H2,1-3H3. The van der Waals surface area contributed by atoms with Crippen molar-refractivity contribution < 1.29 is 0 Å². The van der Waals surface area contributed by atoms with Crippen LogP contribution in [0.15, 0.2) is 12.1 Å². The van der Waals surface area contributed by atoms with Crippen molar-refractivity contribution in [2.75, 3.05) is 24.2 Å². The van der Waals surface area contributed by atoms with E-state index >= 15 is 0 Å². The first-order valence-electron chi connectivity index (χ1n) is 4.87. The number of anilines is 2. The van der Waals surface area contributed by atoms with Crippen LogP contribution in [-0.4, -0.2) is 13.6 Å². The highest BCUT2D eigenvalue weighted by atomic mass is 35.5. The third kappa shape index (κ3) is 3.18. The molecule has 1 rings (SSSR count). The number of benzene rings is 1. The van der Waals surface area contributed by atoms with E-state index < -0.39 is 0 Å². The minimum Gasteiger partial charge on any atom is -0.397 e. The molecule has 0 fully saturated rings. The smallest absolute Gasteiger partial charge is 0.0614 e. The Labute approximate surface area is 101 Å². The summed E-state index contributed by atoms with van der Waals surface area (Å²) in [5, 5.41) is 1.03. The first-order valence-corrected chi connectivity index (χ1v) is 5.63. The quantitative estimate of drug-likeness (QED) is 0.826. The molecule has 0 saturated heterocycles. The molecule has 0 unspecified atom stereocenters. The highest BCUT2D eigenvalue weighted by Gasteiger charge is 2.10. The van der Waals surface area contributed by atoms with Gasteiger partial charge in [0.25, 0.3) is 0 Å². The van der Waals surface area contributed by atoms with Gasteiger partial charge in [-0.3, -0.25) is 0 Å². The molecule has 1 aromatic rings. The summed E-state index contributed by atoms with van der Waals surface area (Å²) in [6.07, 6.45) is 0. The second-order valence-corrected chi connectivity index (χ2v) is 4.91. The molecule has 2 N–H and O–H groups in total. The molecule has 0 aliphatic carbocycles. The van der Waals surface area contributed by atoms with Gasteiger partial charge in [0.1, 0.15) is 0 Å². The second kappa shape index (κ2) is 4.95. The first-order chi connectivity index (χ1) is 6.91. The summed E-state index contributed by atoms with van der Waals surface area (Å²) in [5.74, 6) is 0.573. The summed E-state index contributed by atoms with van der Waals surface area (Å²) in [7, 11) is 2.00. The van der Waals surface area contributed by atoms with Gasteiger partial charge in [-0.1, -0.05) is 37.0 Å². The number of nitrogens with zero attached hydrogens (tertiary/aromatic N) is 1. The maximum Gasteiger partial charge on any atom is 0.0614 e. The third-order valence-corrected chi connectivity index (χ3v) is 2.84. The molecule has 0 amide bonds. The lowest BCUT2D eigenvalue weighted by molar-refractivity contribution is 0.639. The van der Waals surface area contributed by atoms with Gasteiger partial charge in [0, 0.05) is 13.6 Å². The Morgan fingerprint density at radius 1 is 1.27 bits per heavy atom. The van der Waals surface area contributed by atoms with E-state index in [1.54, 1.807) is 6.07 Å². The zero-order valence-electron chi connectivity index (χ0n) is 9.22.